The number of aliphatic carboxylic acids is 1. The fourth-order valence-electron chi connectivity index (χ4n) is 2.08. The van der Waals surface area contributed by atoms with Gasteiger partial charge in [-0.05, 0) is 24.4 Å². The van der Waals surface area contributed by atoms with Gasteiger partial charge in [-0.15, -0.1) is 22.7 Å². The summed E-state index contributed by atoms with van der Waals surface area (Å²) in [6, 6.07) is 1.89. The van der Waals surface area contributed by atoms with Crippen LogP contribution in [-0.4, -0.2) is 34.6 Å². The molecule has 0 bridgehead atoms. The van der Waals surface area contributed by atoms with Crippen LogP contribution < -0.4 is 5.32 Å². The zero-order chi connectivity index (χ0) is 16.0. The Morgan fingerprint density at radius 2 is 1.91 bits per heavy atom. The van der Waals surface area contributed by atoms with E-state index in [2.05, 4.69) is 5.32 Å². The highest BCUT2D eigenvalue weighted by Gasteiger charge is 2.34. The summed E-state index contributed by atoms with van der Waals surface area (Å²) < 4.78 is 0. The molecule has 112 valence electrons. The smallest absolute Gasteiger partial charge is 0.325 e. The SMILES string of the molecule is C[C@H](NC(=O)c1cc2c(s1)C(=O)c1sccc1C2=O)C(=O)O. The summed E-state index contributed by atoms with van der Waals surface area (Å²) in [4.78, 5) is 48.2. The number of carbonyl (C=O) groups excluding carboxylic acids is 3. The standard InChI is InChI=1S/C14H9NO5S2/c1-5(14(19)20)15-13(18)8-4-7-9(16)6-2-3-21-11(6)10(17)12(7)22-8/h2-5H,1H3,(H,15,18)(H,19,20)/t5-/m0/s1. The zero-order valence-electron chi connectivity index (χ0n) is 11.2. The van der Waals surface area contributed by atoms with Crippen molar-refractivity contribution in [2.24, 2.45) is 0 Å². The van der Waals surface area contributed by atoms with Gasteiger partial charge in [0, 0.05) is 11.1 Å². The molecular weight excluding hydrogens is 326 g/mol. The number of amides is 1. The van der Waals surface area contributed by atoms with Crippen molar-refractivity contribution in [2.45, 2.75) is 13.0 Å². The van der Waals surface area contributed by atoms with Crippen LogP contribution in [0.4, 0.5) is 0 Å². The van der Waals surface area contributed by atoms with Crippen molar-refractivity contribution in [1.82, 2.24) is 5.32 Å². The predicted octanol–water partition coefficient (Wildman–Crippen LogP) is 1.79. The lowest BCUT2D eigenvalue weighted by Crippen LogP contribution is -2.37. The summed E-state index contributed by atoms with van der Waals surface area (Å²) >= 11 is 2.10. The summed E-state index contributed by atoms with van der Waals surface area (Å²) in [6.07, 6.45) is 0. The van der Waals surface area contributed by atoms with Gasteiger partial charge >= 0.3 is 5.97 Å². The number of rotatable bonds is 3. The highest BCUT2D eigenvalue weighted by Crippen LogP contribution is 2.35. The second kappa shape index (κ2) is 5.15. The van der Waals surface area contributed by atoms with Crippen molar-refractivity contribution < 1.29 is 24.3 Å². The van der Waals surface area contributed by atoms with E-state index in [1.165, 1.54) is 24.3 Å². The molecule has 0 saturated heterocycles. The number of carbonyl (C=O) groups is 4. The van der Waals surface area contributed by atoms with E-state index in [0.29, 0.717) is 10.4 Å². The number of hydrogen-bond acceptors (Lipinski definition) is 6. The second-order valence-corrected chi connectivity index (χ2v) is 6.68. The van der Waals surface area contributed by atoms with Crippen molar-refractivity contribution in [2.75, 3.05) is 0 Å². The van der Waals surface area contributed by atoms with Crippen LogP contribution in [0.15, 0.2) is 17.5 Å². The first-order valence-electron chi connectivity index (χ1n) is 6.24. The van der Waals surface area contributed by atoms with Gasteiger partial charge in [-0.3, -0.25) is 19.2 Å². The Bertz CT molecular complexity index is 784. The number of nitrogens with one attached hydrogen (secondary N) is 1. The molecule has 0 fully saturated rings. The zero-order valence-corrected chi connectivity index (χ0v) is 12.8. The topological polar surface area (TPSA) is 101 Å². The Labute approximate surface area is 132 Å². The molecule has 0 aliphatic heterocycles. The number of fused-ring (bicyclic) bond motifs is 2. The maximum atomic E-state index is 12.3. The predicted molar refractivity (Wildman–Crippen MR) is 80.1 cm³/mol. The van der Waals surface area contributed by atoms with E-state index in [1.54, 1.807) is 11.4 Å². The summed E-state index contributed by atoms with van der Waals surface area (Å²) in [7, 11) is 0. The number of thiophene rings is 2. The van der Waals surface area contributed by atoms with Gasteiger partial charge in [0.1, 0.15) is 6.04 Å². The third-order valence-corrected chi connectivity index (χ3v) is 5.29. The van der Waals surface area contributed by atoms with Crippen LogP contribution in [0.5, 0.6) is 0 Å². The molecule has 8 heteroatoms. The van der Waals surface area contributed by atoms with Crippen LogP contribution in [0.2, 0.25) is 0 Å². The van der Waals surface area contributed by atoms with E-state index in [4.69, 9.17) is 5.11 Å². The molecule has 2 N–H and O–H groups in total. The average molecular weight is 335 g/mol. The summed E-state index contributed by atoms with van der Waals surface area (Å²) in [6.45, 7) is 1.33. The van der Waals surface area contributed by atoms with E-state index in [-0.39, 0.29) is 26.9 Å². The number of ketones is 2. The molecule has 2 aromatic heterocycles. The van der Waals surface area contributed by atoms with E-state index < -0.39 is 17.9 Å². The third kappa shape index (κ3) is 2.16. The molecule has 1 aliphatic carbocycles. The van der Waals surface area contributed by atoms with Crippen molar-refractivity contribution >= 4 is 46.1 Å². The highest BCUT2D eigenvalue weighted by molar-refractivity contribution is 7.19. The maximum Gasteiger partial charge on any atom is 0.325 e. The molecule has 22 heavy (non-hydrogen) atoms. The fourth-order valence-corrected chi connectivity index (χ4v) is 3.99. The van der Waals surface area contributed by atoms with Gasteiger partial charge in [0.15, 0.2) is 5.78 Å². The molecule has 1 atom stereocenters. The second-order valence-electron chi connectivity index (χ2n) is 4.71. The van der Waals surface area contributed by atoms with E-state index in [1.807, 2.05) is 0 Å². The summed E-state index contributed by atoms with van der Waals surface area (Å²) in [5.74, 6) is -2.33. The monoisotopic (exact) mass is 335 g/mol. The van der Waals surface area contributed by atoms with Gasteiger partial charge in [0.25, 0.3) is 5.91 Å². The van der Waals surface area contributed by atoms with E-state index in [9.17, 15) is 19.2 Å². The molecule has 0 radical (unpaired) electrons. The van der Waals surface area contributed by atoms with Crippen LogP contribution in [0.25, 0.3) is 0 Å². The Morgan fingerprint density at radius 3 is 2.59 bits per heavy atom. The number of carboxylic acid groups (broad SMARTS) is 1. The van der Waals surface area contributed by atoms with Crippen molar-refractivity contribution in [3.63, 3.8) is 0 Å². The largest absolute Gasteiger partial charge is 0.480 e. The number of hydrogen-bond donors (Lipinski definition) is 2. The Hall–Kier alpha value is -2.32. The first-order valence-corrected chi connectivity index (χ1v) is 7.94. The van der Waals surface area contributed by atoms with E-state index >= 15 is 0 Å². The molecule has 6 nitrogen and oxygen atoms in total. The lowest BCUT2D eigenvalue weighted by atomic mass is 9.95. The molecule has 0 unspecified atom stereocenters. The quantitative estimate of drug-likeness (QED) is 0.760. The minimum atomic E-state index is -1.16. The van der Waals surface area contributed by atoms with E-state index in [0.717, 1.165) is 11.3 Å². The number of carboxylic acids is 1. The minimum Gasteiger partial charge on any atom is -0.480 e. The van der Waals surface area contributed by atoms with Gasteiger partial charge in [-0.1, -0.05) is 0 Å². The van der Waals surface area contributed by atoms with Crippen molar-refractivity contribution in [1.29, 1.82) is 0 Å². The van der Waals surface area contributed by atoms with Crippen molar-refractivity contribution in [3.05, 3.63) is 43.3 Å². The molecule has 2 heterocycles. The molecule has 0 saturated carbocycles. The van der Waals surface area contributed by atoms with Gasteiger partial charge in [-0.2, -0.15) is 0 Å². The van der Waals surface area contributed by atoms with Crippen LogP contribution in [0.1, 0.15) is 47.1 Å². The van der Waals surface area contributed by atoms with Gasteiger partial charge in [-0.25, -0.2) is 0 Å². The highest BCUT2D eigenvalue weighted by atomic mass is 32.1. The first-order chi connectivity index (χ1) is 10.4. The normalized spacial score (nSPS) is 14.2. The first kappa shape index (κ1) is 14.6. The van der Waals surface area contributed by atoms with Crippen LogP contribution in [-0.2, 0) is 4.79 Å². The summed E-state index contributed by atoms with van der Waals surface area (Å²) in [5, 5.41) is 12.8. The molecule has 0 aromatic carbocycles. The maximum absolute atomic E-state index is 12.3. The average Bonchev–Trinajstić information content (AvgIpc) is 3.11. The van der Waals surface area contributed by atoms with Gasteiger partial charge < -0.3 is 10.4 Å². The molecule has 1 amide bonds. The van der Waals surface area contributed by atoms with Gasteiger partial charge in [0.2, 0.25) is 5.78 Å². The molecule has 2 aromatic rings. The fraction of sp³-hybridized carbons (Fsp3) is 0.143. The molecule has 3 rings (SSSR count). The molecular formula is C14H9NO5S2. The molecule has 0 spiro atoms. The minimum absolute atomic E-state index is 0.148. The summed E-state index contributed by atoms with van der Waals surface area (Å²) in [5.41, 5.74) is 0.556. The van der Waals surface area contributed by atoms with Gasteiger partial charge in [0.05, 0.1) is 14.6 Å². The lowest BCUT2D eigenvalue weighted by molar-refractivity contribution is -0.138. The van der Waals surface area contributed by atoms with Crippen LogP contribution >= 0.6 is 22.7 Å². The Balaban J connectivity index is 1.96. The lowest BCUT2D eigenvalue weighted by Gasteiger charge is -2.08. The molecule has 1 aliphatic rings. The van der Waals surface area contributed by atoms with Crippen LogP contribution in [0.3, 0.4) is 0 Å². The third-order valence-electron chi connectivity index (χ3n) is 3.24. The Kier molecular flexibility index (Phi) is 3.42. The van der Waals surface area contributed by atoms with Crippen molar-refractivity contribution in [3.8, 4) is 0 Å². The Morgan fingerprint density at radius 1 is 1.18 bits per heavy atom. The van der Waals surface area contributed by atoms with Crippen LogP contribution in [0, 0.1) is 0 Å².